The van der Waals surface area contributed by atoms with Gasteiger partial charge in [0.05, 0.1) is 0 Å². The van der Waals surface area contributed by atoms with Crippen LogP contribution in [0.4, 0.5) is 0 Å². The van der Waals surface area contributed by atoms with E-state index in [1.54, 1.807) is 0 Å². The Kier molecular flexibility index (Phi) is 3.90. The van der Waals surface area contributed by atoms with Gasteiger partial charge >= 0.3 is 23.1 Å². The molecule has 0 nitrogen and oxygen atoms in total. The Morgan fingerprint density at radius 2 is 1.56 bits per heavy atom. The van der Waals surface area contributed by atoms with Crippen LogP contribution in [-0.4, -0.2) is 23.1 Å². The highest BCUT2D eigenvalue weighted by Crippen LogP contribution is 1.99. The van der Waals surface area contributed by atoms with Crippen molar-refractivity contribution in [1.82, 2.24) is 0 Å². The lowest BCUT2D eigenvalue weighted by Gasteiger charge is -1.89. The van der Waals surface area contributed by atoms with Crippen molar-refractivity contribution in [3.05, 3.63) is 42.3 Å². The second-order valence-corrected chi connectivity index (χ2v) is 1.99. The van der Waals surface area contributed by atoms with Gasteiger partial charge < -0.3 is 0 Å². The average Bonchev–Trinajstić information content (AvgIpc) is 1.77. The summed E-state index contributed by atoms with van der Waals surface area (Å²) in [5.41, 5.74) is 2.37. The van der Waals surface area contributed by atoms with Gasteiger partial charge in [-0.1, -0.05) is 29.8 Å². The summed E-state index contributed by atoms with van der Waals surface area (Å²) < 4.78 is 0. The van der Waals surface area contributed by atoms with Crippen LogP contribution in [0.15, 0.2) is 24.3 Å². The predicted octanol–water partition coefficient (Wildman–Crippen LogP) is 1.26. The van der Waals surface area contributed by atoms with Gasteiger partial charge in [0.25, 0.3) is 0 Å². The summed E-state index contributed by atoms with van der Waals surface area (Å²) in [4.78, 5) is 0. The van der Waals surface area contributed by atoms with E-state index in [0.29, 0.717) is 0 Å². The van der Waals surface area contributed by atoms with Gasteiger partial charge in [-0.3, -0.25) is 0 Å². The highest BCUT2D eigenvalue weighted by molar-refractivity contribution is 5.75. The van der Waals surface area contributed by atoms with E-state index in [-0.39, 0.29) is 23.1 Å². The van der Waals surface area contributed by atoms with Gasteiger partial charge in [0.1, 0.15) is 0 Å². The number of hydrogen-bond acceptors (Lipinski definition) is 0. The lowest BCUT2D eigenvalue weighted by atomic mass is 10.2. The Morgan fingerprint density at radius 3 is 1.89 bits per heavy atom. The van der Waals surface area contributed by atoms with Gasteiger partial charge in [-0.2, -0.15) is 0 Å². The molecule has 0 heterocycles. The van der Waals surface area contributed by atoms with Crippen LogP contribution in [0.1, 0.15) is 11.1 Å². The van der Waals surface area contributed by atoms with Crippen molar-refractivity contribution in [3.8, 4) is 0 Å². The Labute approximate surface area is 72.4 Å². The monoisotopic (exact) mass is 131 g/mol. The molecular formula is C8H11Mg. The normalized spacial score (nSPS) is 8.22. The first kappa shape index (κ1) is 8.99. The third kappa shape index (κ3) is 2.87. The van der Waals surface area contributed by atoms with Crippen LogP contribution in [0.3, 0.4) is 0 Å². The van der Waals surface area contributed by atoms with Gasteiger partial charge in [0.15, 0.2) is 0 Å². The van der Waals surface area contributed by atoms with Gasteiger partial charge in [0.2, 0.25) is 0 Å². The zero-order chi connectivity index (χ0) is 5.98. The molecular weight excluding hydrogens is 120 g/mol. The molecule has 0 aromatic heterocycles. The second kappa shape index (κ2) is 3.91. The summed E-state index contributed by atoms with van der Waals surface area (Å²) in [6.45, 7) is 5.83. The lowest BCUT2D eigenvalue weighted by molar-refractivity contribution is 1.45. The fraction of sp³-hybridized carbons (Fsp3) is 0.125. The van der Waals surface area contributed by atoms with E-state index >= 15 is 0 Å². The van der Waals surface area contributed by atoms with Crippen molar-refractivity contribution in [1.29, 1.82) is 0 Å². The van der Waals surface area contributed by atoms with Crippen molar-refractivity contribution in [2.75, 3.05) is 0 Å². The maximum Gasteiger partial charge on any atom is 0.316 e. The average molecular weight is 131 g/mol. The zero-order valence-electron chi connectivity index (χ0n) is 5.02. The molecule has 0 saturated heterocycles. The van der Waals surface area contributed by atoms with E-state index in [0.717, 1.165) is 5.56 Å². The lowest BCUT2D eigenvalue weighted by Crippen LogP contribution is -1.70. The van der Waals surface area contributed by atoms with Crippen molar-refractivity contribution in [2.45, 2.75) is 6.92 Å². The molecule has 1 aromatic carbocycles. The molecule has 0 unspecified atom stereocenters. The van der Waals surface area contributed by atoms with E-state index in [4.69, 9.17) is 0 Å². The van der Waals surface area contributed by atoms with Crippen LogP contribution in [-0.2, 0) is 0 Å². The fourth-order valence-electron chi connectivity index (χ4n) is 0.588. The van der Waals surface area contributed by atoms with E-state index in [9.17, 15) is 0 Å². The molecule has 0 fully saturated rings. The van der Waals surface area contributed by atoms with Gasteiger partial charge in [-0.15, -0.1) is 0 Å². The van der Waals surface area contributed by atoms with Crippen LogP contribution in [0.25, 0.3) is 0 Å². The molecule has 0 aliphatic heterocycles. The van der Waals surface area contributed by atoms with Gasteiger partial charge in [-0.25, -0.2) is 0 Å². The Bertz CT molecular complexity index is 143. The molecule has 0 saturated carbocycles. The summed E-state index contributed by atoms with van der Waals surface area (Å²) in [6, 6.07) is 8.13. The molecule has 9 heavy (non-hydrogen) atoms. The summed E-state index contributed by atoms with van der Waals surface area (Å²) >= 11 is 0. The number of aryl methyl sites for hydroxylation is 1. The van der Waals surface area contributed by atoms with E-state index in [1.165, 1.54) is 5.56 Å². The molecule has 0 aliphatic rings. The first-order chi connectivity index (χ1) is 3.79. The fourth-order valence-corrected chi connectivity index (χ4v) is 0.588. The molecule has 1 radical (unpaired) electrons. The molecule has 0 aliphatic carbocycles. The van der Waals surface area contributed by atoms with Gasteiger partial charge in [-0.05, 0) is 19.4 Å². The zero-order valence-corrected chi connectivity index (χ0v) is 5.02. The minimum absolute atomic E-state index is 0. The first-order valence-electron chi connectivity index (χ1n) is 2.67. The number of hydrogen-bond donors (Lipinski definition) is 0. The second-order valence-electron chi connectivity index (χ2n) is 1.99. The summed E-state index contributed by atoms with van der Waals surface area (Å²) in [5.74, 6) is 0. The maximum atomic E-state index is 3.76. The highest BCUT2D eigenvalue weighted by Gasteiger charge is 1.79. The summed E-state index contributed by atoms with van der Waals surface area (Å²) in [6.07, 6.45) is 0. The first-order valence-corrected chi connectivity index (χ1v) is 2.67. The molecule has 0 spiro atoms. The van der Waals surface area contributed by atoms with Crippen LogP contribution >= 0.6 is 0 Å². The number of rotatable bonds is 0. The molecule has 0 amide bonds. The van der Waals surface area contributed by atoms with Crippen molar-refractivity contribution < 1.29 is 0 Å². The summed E-state index contributed by atoms with van der Waals surface area (Å²) in [7, 11) is 0. The third-order valence-corrected chi connectivity index (χ3v) is 1.12. The molecule has 45 valence electrons. The largest absolute Gasteiger partial charge is 0.316 e. The van der Waals surface area contributed by atoms with Crippen LogP contribution in [0.5, 0.6) is 0 Å². The van der Waals surface area contributed by atoms with E-state index in [1.807, 2.05) is 12.1 Å². The minimum Gasteiger partial charge on any atom is -0.0591 e. The molecule has 0 N–H and O–H groups in total. The van der Waals surface area contributed by atoms with Crippen molar-refractivity contribution in [2.24, 2.45) is 0 Å². The van der Waals surface area contributed by atoms with Crippen LogP contribution < -0.4 is 0 Å². The SMILES string of the molecule is [CH2]c1ccc(C)cc1.[MgH2]. The van der Waals surface area contributed by atoms with Crippen molar-refractivity contribution >= 4 is 23.1 Å². The molecule has 1 heteroatoms. The maximum absolute atomic E-state index is 3.76. The minimum atomic E-state index is 0. The van der Waals surface area contributed by atoms with Crippen LogP contribution in [0.2, 0.25) is 0 Å². The molecule has 1 aromatic rings. The Hall–Kier alpha value is -0.0138. The number of benzene rings is 1. The standard InChI is InChI=1S/C8H9.Mg.2H/c1-7-3-5-8(2)6-4-7;;;/h3-6H,1H2,2H3;;;. The quantitative estimate of drug-likeness (QED) is 0.465. The van der Waals surface area contributed by atoms with Gasteiger partial charge in [0, 0.05) is 0 Å². The van der Waals surface area contributed by atoms with Crippen molar-refractivity contribution in [3.63, 3.8) is 0 Å². The Morgan fingerprint density at radius 1 is 1.11 bits per heavy atom. The van der Waals surface area contributed by atoms with E-state index < -0.39 is 0 Å². The predicted molar refractivity (Wildman–Crippen MR) is 44.2 cm³/mol. The summed E-state index contributed by atoms with van der Waals surface area (Å²) in [5, 5.41) is 0. The third-order valence-electron chi connectivity index (χ3n) is 1.12. The molecule has 0 atom stereocenters. The molecule has 1 rings (SSSR count). The molecule has 0 bridgehead atoms. The Balaban J connectivity index is 0.000000640. The smallest absolute Gasteiger partial charge is 0.0591 e. The topological polar surface area (TPSA) is 0 Å². The van der Waals surface area contributed by atoms with E-state index in [2.05, 4.69) is 26.0 Å². The highest BCUT2D eigenvalue weighted by atomic mass is 24.3. The van der Waals surface area contributed by atoms with Crippen LogP contribution in [0, 0.1) is 13.8 Å².